The monoisotopic (exact) mass is 333 g/mol. The fraction of sp³-hybridized carbons (Fsp3) is 0.462. The summed E-state index contributed by atoms with van der Waals surface area (Å²) in [7, 11) is 8.93. The zero-order chi connectivity index (χ0) is 14.5. The van der Waals surface area contributed by atoms with Crippen LogP contribution in [0.3, 0.4) is 0 Å². The number of hydrogen-bond acceptors (Lipinski definition) is 3. The number of carboxylic acid groups (broad SMARTS) is 1. The Balaban J connectivity index is 0. The molecule has 6 heteroatoms. The zero-order valence-corrected chi connectivity index (χ0v) is 13.9. The first-order valence-electron chi connectivity index (χ1n) is 5.56. The first-order chi connectivity index (χ1) is 8.07. The summed E-state index contributed by atoms with van der Waals surface area (Å²) in [4.78, 5) is 10.5. The van der Waals surface area contributed by atoms with Gasteiger partial charge in [-0.05, 0) is 12.5 Å². The Morgan fingerprint density at radius 2 is 1.68 bits per heavy atom. The Morgan fingerprint density at radius 1 is 1.26 bits per heavy atom. The summed E-state index contributed by atoms with van der Waals surface area (Å²) in [6.07, 6.45) is -1.16. The van der Waals surface area contributed by atoms with E-state index in [1.54, 1.807) is 0 Å². The molecule has 0 radical (unpaired) electrons. The molecule has 0 fully saturated rings. The molecule has 1 aromatic rings. The maximum atomic E-state index is 9.72. The maximum Gasteiger partial charge on any atom is 0.180 e. The summed E-state index contributed by atoms with van der Waals surface area (Å²) in [5.41, 5.74) is 1.88. The number of quaternary nitrogens is 1. The summed E-state index contributed by atoms with van der Waals surface area (Å²) in [6.45, 7) is 1.91. The average molecular weight is 334 g/mol. The average Bonchev–Trinajstić information content (AvgIpc) is 2.21. The molecular weight excluding hydrogens is 312 g/mol. The number of phenolic OH excluding ortho intramolecular Hbond substituents is 1. The van der Waals surface area contributed by atoms with Crippen molar-refractivity contribution in [2.24, 2.45) is 0 Å². The highest BCUT2D eigenvalue weighted by Crippen LogP contribution is 2.31. The minimum Gasteiger partial charge on any atom is -1.00 e. The van der Waals surface area contributed by atoms with Crippen molar-refractivity contribution in [3.8, 4) is 5.75 Å². The molecule has 0 bridgehead atoms. The van der Waals surface area contributed by atoms with Crippen LogP contribution in [0.2, 0.25) is 0 Å². The molecule has 0 saturated carbocycles. The summed E-state index contributed by atoms with van der Waals surface area (Å²) < 4.78 is 0.646. The van der Waals surface area contributed by atoms with E-state index in [1.807, 2.05) is 46.3 Å². The van der Waals surface area contributed by atoms with Crippen molar-refractivity contribution in [2.45, 2.75) is 6.92 Å². The zero-order valence-electron chi connectivity index (χ0n) is 12.3. The van der Waals surface area contributed by atoms with Crippen LogP contribution in [-0.2, 0) is 0 Å². The van der Waals surface area contributed by atoms with Crippen LogP contribution in [0.25, 0.3) is 0 Å². The lowest BCUT2D eigenvalue weighted by molar-refractivity contribution is -0.262. The summed E-state index contributed by atoms with van der Waals surface area (Å²) in [5.74, 6) is 0.407. The standard InChI is InChI=1S/C10H15NO.C3H7NO2.BrH/c1-8-6-5-7-9(10(8)12)11(2,3)4;1-4(2)3(5)6;/h5-7H,1-4H3;1-2H3,(H,5,6);1H/p-1. The fourth-order valence-electron chi connectivity index (χ4n) is 1.18. The van der Waals surface area contributed by atoms with Crippen LogP contribution >= 0.6 is 0 Å². The molecule has 0 aliphatic rings. The van der Waals surface area contributed by atoms with Gasteiger partial charge in [0.2, 0.25) is 0 Å². The number of carbonyl (C=O) groups excluding carboxylic acids is 1. The molecule has 0 aliphatic carbocycles. The van der Waals surface area contributed by atoms with E-state index >= 15 is 0 Å². The Bertz CT molecular complexity index is 415. The van der Waals surface area contributed by atoms with Gasteiger partial charge in [0.05, 0.1) is 21.1 Å². The minimum absolute atomic E-state index is 0. The van der Waals surface area contributed by atoms with E-state index in [0.29, 0.717) is 10.2 Å². The number of phenols is 1. The van der Waals surface area contributed by atoms with E-state index in [9.17, 15) is 15.0 Å². The number of para-hydroxylation sites is 1. The predicted molar refractivity (Wildman–Crippen MR) is 71.5 cm³/mol. The molecule has 1 aromatic carbocycles. The highest BCUT2D eigenvalue weighted by atomic mass is 79.9. The second kappa shape index (κ2) is 8.01. The van der Waals surface area contributed by atoms with Crippen LogP contribution in [0, 0.1) is 6.92 Å². The molecule has 110 valence electrons. The molecular formula is C13H22BrN2O3-. The number of hydrogen-bond donors (Lipinski definition) is 1. The number of benzene rings is 1. The van der Waals surface area contributed by atoms with Crippen LogP contribution in [0.5, 0.6) is 5.75 Å². The summed E-state index contributed by atoms with van der Waals surface area (Å²) in [6, 6.07) is 5.82. The lowest BCUT2D eigenvalue weighted by Gasteiger charge is -2.24. The number of carbonyl (C=O) groups is 1. The van der Waals surface area contributed by atoms with Crippen molar-refractivity contribution in [2.75, 3.05) is 35.2 Å². The van der Waals surface area contributed by atoms with Gasteiger partial charge in [-0.1, -0.05) is 12.1 Å². The highest BCUT2D eigenvalue weighted by Gasteiger charge is 2.17. The number of nitrogens with zero attached hydrogens (tertiary/aromatic N) is 2. The van der Waals surface area contributed by atoms with Gasteiger partial charge in [-0.2, -0.15) is 0 Å². The van der Waals surface area contributed by atoms with Gasteiger partial charge in [-0.3, -0.25) is 4.48 Å². The number of rotatable bonds is 1. The van der Waals surface area contributed by atoms with E-state index in [2.05, 4.69) is 0 Å². The van der Waals surface area contributed by atoms with Crippen LogP contribution in [0.1, 0.15) is 5.56 Å². The van der Waals surface area contributed by atoms with Gasteiger partial charge in [0.25, 0.3) is 0 Å². The minimum atomic E-state index is -1.16. The van der Waals surface area contributed by atoms with Gasteiger partial charge in [-0.15, -0.1) is 0 Å². The van der Waals surface area contributed by atoms with Gasteiger partial charge in [0, 0.05) is 20.2 Å². The maximum absolute atomic E-state index is 9.72. The second-order valence-corrected chi connectivity index (χ2v) is 5.12. The molecule has 0 spiro atoms. The predicted octanol–water partition coefficient (Wildman–Crippen LogP) is -2.21. The molecule has 1 rings (SSSR count). The highest BCUT2D eigenvalue weighted by molar-refractivity contribution is 5.61. The molecule has 0 unspecified atom stereocenters. The van der Waals surface area contributed by atoms with Crippen molar-refractivity contribution >= 4 is 11.8 Å². The van der Waals surface area contributed by atoms with Gasteiger partial charge in [0.1, 0.15) is 6.09 Å². The summed E-state index contributed by atoms with van der Waals surface area (Å²) in [5, 5.41) is 19.2. The molecule has 5 nitrogen and oxygen atoms in total. The molecule has 1 N–H and O–H groups in total. The lowest BCUT2D eigenvalue weighted by Crippen LogP contribution is -3.00. The summed E-state index contributed by atoms with van der Waals surface area (Å²) >= 11 is 0. The van der Waals surface area contributed by atoms with Crippen LogP contribution in [0.4, 0.5) is 10.5 Å². The third-order valence-electron chi connectivity index (χ3n) is 2.30. The Kier molecular flexibility index (Phi) is 8.46. The first-order valence-corrected chi connectivity index (χ1v) is 5.56. The number of aromatic hydroxyl groups is 1. The molecule has 1 amide bonds. The topological polar surface area (TPSA) is 63.6 Å². The van der Waals surface area contributed by atoms with Crippen LogP contribution in [-0.4, -0.2) is 51.3 Å². The lowest BCUT2D eigenvalue weighted by atomic mass is 10.1. The van der Waals surface area contributed by atoms with Gasteiger partial charge >= 0.3 is 0 Å². The van der Waals surface area contributed by atoms with Crippen molar-refractivity contribution < 1.29 is 32.0 Å². The molecule has 0 aliphatic heterocycles. The largest absolute Gasteiger partial charge is 1.00 e. The van der Waals surface area contributed by atoms with E-state index < -0.39 is 6.09 Å². The van der Waals surface area contributed by atoms with Crippen LogP contribution < -0.4 is 26.6 Å². The quantitative estimate of drug-likeness (QED) is 0.593. The van der Waals surface area contributed by atoms with Crippen molar-refractivity contribution in [3.63, 3.8) is 0 Å². The number of aryl methyl sites for hydroxylation is 1. The molecule has 19 heavy (non-hydrogen) atoms. The fourth-order valence-corrected chi connectivity index (χ4v) is 1.18. The van der Waals surface area contributed by atoms with E-state index in [1.165, 1.54) is 14.1 Å². The van der Waals surface area contributed by atoms with E-state index in [4.69, 9.17) is 0 Å². The third kappa shape index (κ3) is 7.03. The Hall–Kier alpha value is -1.27. The van der Waals surface area contributed by atoms with Crippen molar-refractivity contribution in [1.82, 2.24) is 9.38 Å². The van der Waals surface area contributed by atoms with Gasteiger partial charge in [0.15, 0.2) is 11.4 Å². The molecule has 0 heterocycles. The van der Waals surface area contributed by atoms with Gasteiger partial charge < -0.3 is 36.9 Å². The molecule has 0 atom stereocenters. The van der Waals surface area contributed by atoms with Gasteiger partial charge in [-0.25, -0.2) is 0 Å². The number of halogens is 1. The smallest absolute Gasteiger partial charge is 0.180 e. The SMILES string of the molecule is CN(C)C(=O)[O-].Cc1cccc([N+](C)(C)C)c1O.[Br-]. The van der Waals surface area contributed by atoms with E-state index in [-0.39, 0.29) is 17.0 Å². The second-order valence-electron chi connectivity index (χ2n) is 5.12. The normalized spacial score (nSPS) is 9.79. The Labute approximate surface area is 125 Å². The molecule has 0 saturated heterocycles. The first kappa shape index (κ1) is 20.1. The van der Waals surface area contributed by atoms with Crippen molar-refractivity contribution in [3.05, 3.63) is 23.8 Å². The van der Waals surface area contributed by atoms with Crippen molar-refractivity contribution in [1.29, 1.82) is 0 Å². The van der Waals surface area contributed by atoms with Crippen LogP contribution in [0.15, 0.2) is 18.2 Å². The molecule has 0 aromatic heterocycles. The Morgan fingerprint density at radius 3 is 1.95 bits per heavy atom. The number of amides is 1. The van der Waals surface area contributed by atoms with E-state index in [0.717, 1.165) is 16.2 Å². The third-order valence-corrected chi connectivity index (χ3v) is 2.30.